The van der Waals surface area contributed by atoms with Crippen LogP contribution in [-0.4, -0.2) is 24.3 Å². The minimum Gasteiger partial charge on any atom is -0.369 e. The summed E-state index contributed by atoms with van der Waals surface area (Å²) >= 11 is 0. The molecule has 0 aromatic heterocycles. The zero-order valence-electron chi connectivity index (χ0n) is 13.1. The number of hydrogen-bond acceptors (Lipinski definition) is 2. The van der Waals surface area contributed by atoms with Gasteiger partial charge in [0, 0.05) is 5.92 Å². The molecule has 1 unspecified atom stereocenters. The lowest BCUT2D eigenvalue weighted by atomic mass is 9.82. The average Bonchev–Trinajstić information content (AvgIpc) is 2.46. The molecular formula is C16H31NO. The Morgan fingerprint density at radius 2 is 1.94 bits per heavy atom. The van der Waals surface area contributed by atoms with Crippen LogP contribution in [0.15, 0.2) is 11.6 Å². The standard InChI is InChI=1S/C16H31NO/c1-7-10-17-11-8-9-13(2)14-12-15(3,4)18-16(14,5)6/h9,14,17H,7-8,10-12H2,1-6H3/b13-9-. The fraction of sp³-hybridized carbons (Fsp3) is 0.875. The van der Waals surface area contributed by atoms with E-state index in [1.807, 2.05) is 0 Å². The molecule has 1 heterocycles. The fourth-order valence-corrected chi connectivity index (χ4v) is 3.12. The summed E-state index contributed by atoms with van der Waals surface area (Å²) in [6.07, 6.45) is 5.85. The minimum absolute atomic E-state index is 0.0176. The van der Waals surface area contributed by atoms with Gasteiger partial charge in [0.25, 0.3) is 0 Å². The van der Waals surface area contributed by atoms with E-state index in [1.54, 1.807) is 0 Å². The van der Waals surface area contributed by atoms with Crippen molar-refractivity contribution in [3.8, 4) is 0 Å². The molecular weight excluding hydrogens is 222 g/mol. The fourth-order valence-electron chi connectivity index (χ4n) is 3.12. The van der Waals surface area contributed by atoms with Gasteiger partial charge in [-0.25, -0.2) is 0 Å². The van der Waals surface area contributed by atoms with Gasteiger partial charge in [-0.3, -0.25) is 0 Å². The third kappa shape index (κ3) is 4.40. The lowest BCUT2D eigenvalue weighted by Gasteiger charge is -2.28. The van der Waals surface area contributed by atoms with Crippen molar-refractivity contribution in [2.75, 3.05) is 13.1 Å². The van der Waals surface area contributed by atoms with Crippen LogP contribution in [0.1, 0.15) is 60.8 Å². The van der Waals surface area contributed by atoms with Crippen LogP contribution in [0.25, 0.3) is 0 Å². The summed E-state index contributed by atoms with van der Waals surface area (Å²) in [6.45, 7) is 15.5. The Balaban J connectivity index is 2.50. The highest BCUT2D eigenvalue weighted by Gasteiger charge is 2.46. The van der Waals surface area contributed by atoms with E-state index in [2.05, 4.69) is 52.9 Å². The Morgan fingerprint density at radius 1 is 1.28 bits per heavy atom. The van der Waals surface area contributed by atoms with Crippen molar-refractivity contribution < 1.29 is 4.74 Å². The predicted molar refractivity (Wildman–Crippen MR) is 78.9 cm³/mol. The first-order chi connectivity index (χ1) is 8.28. The first-order valence-corrected chi connectivity index (χ1v) is 7.36. The predicted octanol–water partition coefficient (Wildman–Crippen LogP) is 3.92. The summed E-state index contributed by atoms with van der Waals surface area (Å²) in [5, 5.41) is 3.44. The van der Waals surface area contributed by atoms with Gasteiger partial charge in [0.15, 0.2) is 0 Å². The first-order valence-electron chi connectivity index (χ1n) is 7.36. The monoisotopic (exact) mass is 253 g/mol. The molecule has 1 rings (SSSR count). The highest BCUT2D eigenvalue weighted by molar-refractivity contribution is 5.13. The summed E-state index contributed by atoms with van der Waals surface area (Å²) in [5.41, 5.74) is 1.48. The van der Waals surface area contributed by atoms with Gasteiger partial charge < -0.3 is 10.1 Å². The van der Waals surface area contributed by atoms with Crippen molar-refractivity contribution in [2.24, 2.45) is 5.92 Å². The lowest BCUT2D eigenvalue weighted by Crippen LogP contribution is -2.30. The third-order valence-electron chi connectivity index (χ3n) is 3.84. The molecule has 0 aliphatic carbocycles. The number of ether oxygens (including phenoxy) is 1. The van der Waals surface area contributed by atoms with Gasteiger partial charge >= 0.3 is 0 Å². The van der Waals surface area contributed by atoms with E-state index in [4.69, 9.17) is 4.74 Å². The van der Waals surface area contributed by atoms with Gasteiger partial charge in [0.1, 0.15) is 0 Å². The minimum atomic E-state index is -0.0269. The van der Waals surface area contributed by atoms with Crippen LogP contribution in [0.4, 0.5) is 0 Å². The first kappa shape index (κ1) is 15.7. The number of hydrogen-bond donors (Lipinski definition) is 1. The molecule has 0 aromatic carbocycles. The topological polar surface area (TPSA) is 21.3 Å². The van der Waals surface area contributed by atoms with Crippen molar-refractivity contribution in [1.82, 2.24) is 5.32 Å². The van der Waals surface area contributed by atoms with Crippen molar-refractivity contribution in [1.29, 1.82) is 0 Å². The SMILES string of the molecule is CCCNCC/C=C(/C)C1CC(C)(C)OC1(C)C. The normalized spacial score (nSPS) is 26.6. The van der Waals surface area contributed by atoms with Crippen molar-refractivity contribution in [3.63, 3.8) is 0 Å². The van der Waals surface area contributed by atoms with Crippen LogP contribution in [-0.2, 0) is 4.74 Å². The highest BCUT2D eigenvalue weighted by Crippen LogP contribution is 2.45. The van der Waals surface area contributed by atoms with Crippen LogP contribution < -0.4 is 5.32 Å². The number of nitrogens with one attached hydrogen (secondary N) is 1. The Kier molecular flexibility index (Phi) is 5.42. The maximum atomic E-state index is 6.16. The largest absolute Gasteiger partial charge is 0.369 e. The zero-order chi connectivity index (χ0) is 13.8. The summed E-state index contributed by atoms with van der Waals surface area (Å²) in [6, 6.07) is 0. The van der Waals surface area contributed by atoms with Gasteiger partial charge in [0.2, 0.25) is 0 Å². The smallest absolute Gasteiger partial charge is 0.0699 e. The number of rotatable bonds is 6. The van der Waals surface area contributed by atoms with E-state index in [0.29, 0.717) is 5.92 Å². The molecule has 0 aromatic rings. The second-order valence-corrected chi connectivity index (χ2v) is 6.71. The molecule has 2 nitrogen and oxygen atoms in total. The van der Waals surface area contributed by atoms with Crippen LogP contribution in [0.2, 0.25) is 0 Å². The van der Waals surface area contributed by atoms with Crippen LogP contribution in [0, 0.1) is 5.92 Å². The van der Waals surface area contributed by atoms with E-state index in [-0.39, 0.29) is 11.2 Å². The molecule has 0 amide bonds. The average molecular weight is 253 g/mol. The maximum Gasteiger partial charge on any atom is 0.0699 e. The van der Waals surface area contributed by atoms with Crippen molar-refractivity contribution in [2.45, 2.75) is 72.0 Å². The maximum absolute atomic E-state index is 6.16. The van der Waals surface area contributed by atoms with E-state index in [9.17, 15) is 0 Å². The zero-order valence-corrected chi connectivity index (χ0v) is 13.1. The molecule has 1 atom stereocenters. The Bertz CT molecular complexity index is 291. The van der Waals surface area contributed by atoms with E-state index in [0.717, 1.165) is 25.9 Å². The molecule has 106 valence electrons. The van der Waals surface area contributed by atoms with E-state index < -0.39 is 0 Å². The Labute approximate surface area is 113 Å². The summed E-state index contributed by atoms with van der Waals surface area (Å²) in [4.78, 5) is 0. The van der Waals surface area contributed by atoms with Gasteiger partial charge in [-0.15, -0.1) is 0 Å². The van der Waals surface area contributed by atoms with Gasteiger partial charge in [-0.1, -0.05) is 18.6 Å². The molecule has 0 saturated carbocycles. The van der Waals surface area contributed by atoms with Crippen LogP contribution in [0.3, 0.4) is 0 Å². The molecule has 18 heavy (non-hydrogen) atoms. The molecule has 0 spiro atoms. The highest BCUT2D eigenvalue weighted by atomic mass is 16.5. The van der Waals surface area contributed by atoms with Gasteiger partial charge in [0.05, 0.1) is 11.2 Å². The molecule has 1 aliphatic heterocycles. The van der Waals surface area contributed by atoms with Gasteiger partial charge in [-0.2, -0.15) is 0 Å². The van der Waals surface area contributed by atoms with Gasteiger partial charge in [-0.05, 0) is 67.0 Å². The Morgan fingerprint density at radius 3 is 2.44 bits per heavy atom. The van der Waals surface area contributed by atoms with Crippen LogP contribution >= 0.6 is 0 Å². The molecule has 2 heteroatoms. The lowest BCUT2D eigenvalue weighted by molar-refractivity contribution is -0.0714. The molecule has 1 aliphatic rings. The summed E-state index contributed by atoms with van der Waals surface area (Å²) in [7, 11) is 0. The molecule has 1 saturated heterocycles. The van der Waals surface area contributed by atoms with Crippen molar-refractivity contribution >= 4 is 0 Å². The molecule has 0 bridgehead atoms. The van der Waals surface area contributed by atoms with E-state index in [1.165, 1.54) is 12.0 Å². The molecule has 1 N–H and O–H groups in total. The molecule has 1 fully saturated rings. The summed E-state index contributed by atoms with van der Waals surface area (Å²) in [5.74, 6) is 0.554. The third-order valence-corrected chi connectivity index (χ3v) is 3.84. The summed E-state index contributed by atoms with van der Waals surface area (Å²) < 4.78 is 6.16. The Hall–Kier alpha value is -0.340. The quantitative estimate of drug-likeness (QED) is 0.572. The van der Waals surface area contributed by atoms with Crippen LogP contribution in [0.5, 0.6) is 0 Å². The second kappa shape index (κ2) is 6.21. The van der Waals surface area contributed by atoms with E-state index >= 15 is 0 Å². The van der Waals surface area contributed by atoms with Crippen molar-refractivity contribution in [3.05, 3.63) is 11.6 Å². The second-order valence-electron chi connectivity index (χ2n) is 6.71. The molecule has 0 radical (unpaired) electrons.